The van der Waals surface area contributed by atoms with Crippen LogP contribution >= 0.6 is 0 Å². The first-order valence-corrected chi connectivity index (χ1v) is 5.64. The molecule has 5 nitrogen and oxygen atoms in total. The first-order chi connectivity index (χ1) is 8.07. The van der Waals surface area contributed by atoms with E-state index in [1.54, 1.807) is 7.11 Å². The highest BCUT2D eigenvalue weighted by Crippen LogP contribution is 2.29. The zero-order chi connectivity index (χ0) is 12.6. The summed E-state index contributed by atoms with van der Waals surface area (Å²) >= 11 is 0. The predicted molar refractivity (Wildman–Crippen MR) is 68.0 cm³/mol. The number of hydrogen-bond donors (Lipinski definition) is 1. The Bertz CT molecular complexity index is 547. The number of nitrogens with two attached hydrogens (primary N) is 1. The Balaban J connectivity index is 2.71. The van der Waals surface area contributed by atoms with E-state index in [9.17, 15) is 0 Å². The van der Waals surface area contributed by atoms with Crippen molar-refractivity contribution in [3.8, 4) is 0 Å². The van der Waals surface area contributed by atoms with E-state index < -0.39 is 0 Å². The maximum absolute atomic E-state index is 5.92. The van der Waals surface area contributed by atoms with E-state index in [0.717, 1.165) is 22.3 Å². The van der Waals surface area contributed by atoms with E-state index >= 15 is 0 Å². The van der Waals surface area contributed by atoms with Gasteiger partial charge in [-0.2, -0.15) is 0 Å². The van der Waals surface area contributed by atoms with Crippen molar-refractivity contribution in [2.75, 3.05) is 19.5 Å². The van der Waals surface area contributed by atoms with Crippen molar-refractivity contribution in [2.24, 2.45) is 0 Å². The monoisotopic (exact) mass is 234 g/mol. The summed E-state index contributed by atoms with van der Waals surface area (Å²) in [6, 6.07) is 0.227. The third-order valence-electron chi connectivity index (χ3n) is 3.21. The second kappa shape index (κ2) is 4.33. The predicted octanol–water partition coefficient (Wildman–Crippen LogP) is 1.84. The Kier molecular flexibility index (Phi) is 3.02. The third kappa shape index (κ3) is 1.76. The van der Waals surface area contributed by atoms with Gasteiger partial charge in [-0.3, -0.25) is 0 Å². The Morgan fingerprint density at radius 2 is 2.12 bits per heavy atom. The number of methoxy groups -OCH3 is 1. The second-order valence-electron chi connectivity index (χ2n) is 4.34. The number of aryl methyl sites for hydroxylation is 1. The Hall–Kier alpha value is -1.62. The summed E-state index contributed by atoms with van der Waals surface area (Å²) in [4.78, 5) is 8.39. The molecule has 2 aromatic heterocycles. The first-order valence-electron chi connectivity index (χ1n) is 5.64. The van der Waals surface area contributed by atoms with E-state index in [4.69, 9.17) is 10.5 Å². The second-order valence-corrected chi connectivity index (χ2v) is 4.34. The maximum atomic E-state index is 5.92. The molecule has 0 aliphatic carbocycles. The number of ether oxygens (including phenoxy) is 1. The molecule has 2 N–H and O–H groups in total. The van der Waals surface area contributed by atoms with Gasteiger partial charge in [0.15, 0.2) is 0 Å². The van der Waals surface area contributed by atoms with Crippen molar-refractivity contribution >= 4 is 16.9 Å². The molecule has 0 saturated heterocycles. The van der Waals surface area contributed by atoms with Crippen LogP contribution in [-0.2, 0) is 4.74 Å². The van der Waals surface area contributed by atoms with Gasteiger partial charge < -0.3 is 15.0 Å². The minimum Gasteiger partial charge on any atom is -0.383 e. The van der Waals surface area contributed by atoms with Gasteiger partial charge in [0.2, 0.25) is 0 Å². The van der Waals surface area contributed by atoms with Crippen molar-refractivity contribution in [1.29, 1.82) is 0 Å². The van der Waals surface area contributed by atoms with Crippen LogP contribution in [0.25, 0.3) is 11.0 Å². The fraction of sp³-hybridized carbons (Fsp3) is 0.500. The number of rotatable bonds is 3. The Labute approximate surface area is 101 Å². The molecule has 0 radical (unpaired) electrons. The number of nitrogens with zero attached hydrogens (tertiary/aromatic N) is 3. The van der Waals surface area contributed by atoms with Crippen LogP contribution in [-0.4, -0.2) is 28.3 Å². The maximum Gasteiger partial charge on any atom is 0.146 e. The molecule has 0 fully saturated rings. The van der Waals surface area contributed by atoms with Crippen molar-refractivity contribution in [1.82, 2.24) is 14.5 Å². The smallest absolute Gasteiger partial charge is 0.146 e. The zero-order valence-corrected chi connectivity index (χ0v) is 10.7. The van der Waals surface area contributed by atoms with Gasteiger partial charge in [-0.15, -0.1) is 0 Å². The van der Waals surface area contributed by atoms with Gasteiger partial charge in [0.1, 0.15) is 17.8 Å². The molecule has 2 aromatic rings. The molecule has 2 heterocycles. The van der Waals surface area contributed by atoms with Crippen molar-refractivity contribution in [3.05, 3.63) is 17.6 Å². The van der Waals surface area contributed by atoms with Gasteiger partial charge in [-0.05, 0) is 26.3 Å². The Morgan fingerprint density at radius 3 is 2.76 bits per heavy atom. The molecule has 0 aromatic carbocycles. The number of hydrogen-bond acceptors (Lipinski definition) is 4. The number of anilines is 1. The summed E-state index contributed by atoms with van der Waals surface area (Å²) in [5.41, 5.74) is 9.11. The van der Waals surface area contributed by atoms with E-state index in [2.05, 4.69) is 28.4 Å². The van der Waals surface area contributed by atoms with Crippen molar-refractivity contribution in [2.45, 2.75) is 26.8 Å². The van der Waals surface area contributed by atoms with Crippen LogP contribution in [0, 0.1) is 13.8 Å². The molecule has 1 atom stereocenters. The lowest BCUT2D eigenvalue weighted by Crippen LogP contribution is -2.13. The fourth-order valence-electron chi connectivity index (χ4n) is 2.31. The number of aromatic nitrogens is 3. The highest BCUT2D eigenvalue weighted by molar-refractivity contribution is 5.90. The standard InChI is InChI=1S/C12H18N4O/c1-7(5-17-4)16-9(3)8(2)10-11(13)14-6-15-12(10)16/h6-7H,5H2,1-4H3,(H2,13,14,15). The van der Waals surface area contributed by atoms with Crippen LogP contribution in [0.3, 0.4) is 0 Å². The third-order valence-corrected chi connectivity index (χ3v) is 3.21. The molecular weight excluding hydrogens is 216 g/mol. The molecule has 0 aliphatic rings. The van der Waals surface area contributed by atoms with Crippen LogP contribution in [0.4, 0.5) is 5.82 Å². The highest BCUT2D eigenvalue weighted by atomic mass is 16.5. The van der Waals surface area contributed by atoms with E-state index in [0.29, 0.717) is 12.4 Å². The van der Waals surface area contributed by atoms with Crippen molar-refractivity contribution in [3.63, 3.8) is 0 Å². The molecule has 0 aliphatic heterocycles. The average molecular weight is 234 g/mol. The van der Waals surface area contributed by atoms with Gasteiger partial charge in [0, 0.05) is 12.8 Å². The van der Waals surface area contributed by atoms with Gasteiger partial charge in [0.25, 0.3) is 0 Å². The lowest BCUT2D eigenvalue weighted by Gasteiger charge is -2.15. The van der Waals surface area contributed by atoms with Gasteiger partial charge >= 0.3 is 0 Å². The molecule has 0 amide bonds. The van der Waals surface area contributed by atoms with Gasteiger partial charge in [-0.25, -0.2) is 9.97 Å². The van der Waals surface area contributed by atoms with Crippen LogP contribution in [0.5, 0.6) is 0 Å². The fourth-order valence-corrected chi connectivity index (χ4v) is 2.31. The largest absolute Gasteiger partial charge is 0.383 e. The van der Waals surface area contributed by atoms with Gasteiger partial charge in [-0.1, -0.05) is 0 Å². The molecule has 0 saturated carbocycles. The number of fused-ring (bicyclic) bond motifs is 1. The van der Waals surface area contributed by atoms with E-state index in [1.807, 2.05) is 6.92 Å². The number of nitrogen functional groups attached to an aromatic ring is 1. The average Bonchev–Trinajstić information content (AvgIpc) is 2.53. The molecular formula is C12H18N4O. The SMILES string of the molecule is COCC(C)n1c(C)c(C)c2c(N)ncnc21. The van der Waals surface area contributed by atoms with E-state index in [-0.39, 0.29) is 6.04 Å². The summed E-state index contributed by atoms with van der Waals surface area (Å²) in [6.45, 7) is 6.87. The Morgan fingerprint density at radius 1 is 1.41 bits per heavy atom. The quantitative estimate of drug-likeness (QED) is 0.880. The summed E-state index contributed by atoms with van der Waals surface area (Å²) in [7, 11) is 1.70. The molecule has 92 valence electrons. The summed E-state index contributed by atoms with van der Waals surface area (Å²) < 4.78 is 7.36. The molecule has 17 heavy (non-hydrogen) atoms. The molecule has 5 heteroatoms. The lowest BCUT2D eigenvalue weighted by atomic mass is 10.2. The first kappa shape index (κ1) is 11.9. The van der Waals surface area contributed by atoms with Crippen LogP contribution in [0.1, 0.15) is 24.2 Å². The minimum absolute atomic E-state index is 0.227. The molecule has 0 spiro atoms. The summed E-state index contributed by atoms with van der Waals surface area (Å²) in [5.74, 6) is 0.541. The zero-order valence-electron chi connectivity index (χ0n) is 10.7. The van der Waals surface area contributed by atoms with Crippen LogP contribution in [0.2, 0.25) is 0 Å². The van der Waals surface area contributed by atoms with Crippen LogP contribution in [0.15, 0.2) is 6.33 Å². The topological polar surface area (TPSA) is 66.0 Å². The normalized spacial score (nSPS) is 13.2. The summed E-state index contributed by atoms with van der Waals surface area (Å²) in [6.07, 6.45) is 1.51. The molecule has 2 rings (SSSR count). The van der Waals surface area contributed by atoms with Gasteiger partial charge in [0.05, 0.1) is 18.0 Å². The highest BCUT2D eigenvalue weighted by Gasteiger charge is 2.18. The lowest BCUT2D eigenvalue weighted by molar-refractivity contribution is 0.163. The van der Waals surface area contributed by atoms with Crippen molar-refractivity contribution < 1.29 is 4.74 Å². The molecule has 1 unspecified atom stereocenters. The molecule has 0 bridgehead atoms. The van der Waals surface area contributed by atoms with Crippen LogP contribution < -0.4 is 5.73 Å². The van der Waals surface area contributed by atoms with E-state index in [1.165, 1.54) is 6.33 Å². The summed E-state index contributed by atoms with van der Waals surface area (Å²) in [5, 5.41) is 0.952. The minimum atomic E-state index is 0.227.